The van der Waals surface area contributed by atoms with Gasteiger partial charge in [-0.3, -0.25) is 0 Å². The van der Waals surface area contributed by atoms with Crippen molar-refractivity contribution in [2.45, 2.75) is 33.2 Å². The lowest BCUT2D eigenvalue weighted by Gasteiger charge is -2.18. The van der Waals surface area contributed by atoms with Gasteiger partial charge in [-0.15, -0.1) is 0 Å². The van der Waals surface area contributed by atoms with Crippen molar-refractivity contribution in [2.75, 3.05) is 6.54 Å². The highest BCUT2D eigenvalue weighted by Gasteiger charge is 2.13. The van der Waals surface area contributed by atoms with Crippen LogP contribution in [-0.4, -0.2) is 6.54 Å². The van der Waals surface area contributed by atoms with Crippen LogP contribution in [0.5, 0.6) is 0 Å². The van der Waals surface area contributed by atoms with E-state index >= 15 is 0 Å². The van der Waals surface area contributed by atoms with E-state index in [9.17, 15) is 4.39 Å². The van der Waals surface area contributed by atoms with Crippen molar-refractivity contribution in [3.63, 3.8) is 0 Å². The van der Waals surface area contributed by atoms with Gasteiger partial charge in [-0.05, 0) is 50.1 Å². The molecule has 0 radical (unpaired) electrons. The fourth-order valence-electron chi connectivity index (χ4n) is 2.44. The first-order valence-corrected chi connectivity index (χ1v) is 7.22. The normalized spacial score (nSPS) is 12.4. The Labute approximate surface area is 120 Å². The van der Waals surface area contributed by atoms with E-state index < -0.39 is 0 Å². The molecule has 0 aliphatic rings. The summed E-state index contributed by atoms with van der Waals surface area (Å²) in [7, 11) is 0. The Morgan fingerprint density at radius 2 is 1.85 bits per heavy atom. The first-order chi connectivity index (χ1) is 9.63. The highest BCUT2D eigenvalue weighted by Crippen LogP contribution is 2.30. The predicted octanol–water partition coefficient (Wildman–Crippen LogP) is 4.86. The molecule has 0 amide bonds. The SMILES string of the molecule is CCCNC(C)c1ccccc1-c1cc(C)ccc1F. The zero-order valence-electron chi connectivity index (χ0n) is 12.4. The molecule has 20 heavy (non-hydrogen) atoms. The second-order valence-corrected chi connectivity index (χ2v) is 5.25. The molecule has 0 bridgehead atoms. The third-order valence-corrected chi connectivity index (χ3v) is 3.54. The maximum absolute atomic E-state index is 14.1. The van der Waals surface area contributed by atoms with E-state index in [4.69, 9.17) is 0 Å². The van der Waals surface area contributed by atoms with Gasteiger partial charge in [0.2, 0.25) is 0 Å². The Hall–Kier alpha value is -1.67. The van der Waals surface area contributed by atoms with Crippen molar-refractivity contribution in [3.8, 4) is 11.1 Å². The summed E-state index contributed by atoms with van der Waals surface area (Å²) in [5.74, 6) is -0.161. The Bertz CT molecular complexity index is 577. The maximum atomic E-state index is 14.1. The molecule has 2 rings (SSSR count). The van der Waals surface area contributed by atoms with Crippen LogP contribution in [0, 0.1) is 12.7 Å². The van der Waals surface area contributed by atoms with Gasteiger partial charge in [-0.1, -0.05) is 42.8 Å². The highest BCUT2D eigenvalue weighted by atomic mass is 19.1. The van der Waals surface area contributed by atoms with Crippen LogP contribution < -0.4 is 5.32 Å². The van der Waals surface area contributed by atoms with E-state index in [0.29, 0.717) is 5.56 Å². The molecule has 0 saturated carbocycles. The minimum absolute atomic E-state index is 0.161. The minimum atomic E-state index is -0.161. The second-order valence-electron chi connectivity index (χ2n) is 5.25. The number of aryl methyl sites for hydroxylation is 1. The molecule has 1 N–H and O–H groups in total. The number of benzene rings is 2. The standard InChI is InChI=1S/C18H22FN/c1-4-11-20-14(3)15-7-5-6-8-16(15)17-12-13(2)9-10-18(17)19/h5-10,12,14,20H,4,11H2,1-3H3. The maximum Gasteiger partial charge on any atom is 0.131 e. The molecular weight excluding hydrogens is 249 g/mol. The quantitative estimate of drug-likeness (QED) is 0.818. The molecule has 106 valence electrons. The van der Waals surface area contributed by atoms with Gasteiger partial charge in [0, 0.05) is 11.6 Å². The molecule has 2 aromatic rings. The molecule has 1 atom stereocenters. The lowest BCUT2D eigenvalue weighted by molar-refractivity contribution is 0.571. The van der Waals surface area contributed by atoms with Crippen LogP contribution in [0.25, 0.3) is 11.1 Å². The lowest BCUT2D eigenvalue weighted by atomic mass is 9.94. The number of hydrogen-bond donors (Lipinski definition) is 1. The molecule has 0 fully saturated rings. The van der Waals surface area contributed by atoms with E-state index in [0.717, 1.165) is 29.7 Å². The zero-order valence-corrected chi connectivity index (χ0v) is 12.4. The van der Waals surface area contributed by atoms with Crippen molar-refractivity contribution in [1.29, 1.82) is 0 Å². The molecule has 0 aromatic heterocycles. The molecule has 0 aliphatic carbocycles. The summed E-state index contributed by atoms with van der Waals surface area (Å²) in [6, 6.07) is 13.5. The lowest BCUT2D eigenvalue weighted by Crippen LogP contribution is -2.19. The fraction of sp³-hybridized carbons (Fsp3) is 0.333. The van der Waals surface area contributed by atoms with Crippen LogP contribution in [0.4, 0.5) is 4.39 Å². The third-order valence-electron chi connectivity index (χ3n) is 3.54. The summed E-state index contributed by atoms with van der Waals surface area (Å²) in [6.07, 6.45) is 1.09. The number of hydrogen-bond acceptors (Lipinski definition) is 1. The monoisotopic (exact) mass is 271 g/mol. The van der Waals surface area contributed by atoms with Crippen molar-refractivity contribution in [2.24, 2.45) is 0 Å². The number of nitrogens with one attached hydrogen (secondary N) is 1. The average Bonchev–Trinajstić information content (AvgIpc) is 2.47. The minimum Gasteiger partial charge on any atom is -0.310 e. The molecule has 0 spiro atoms. The summed E-state index contributed by atoms with van der Waals surface area (Å²) < 4.78 is 14.1. The Kier molecular flexibility index (Phi) is 4.91. The van der Waals surface area contributed by atoms with E-state index in [1.165, 1.54) is 0 Å². The van der Waals surface area contributed by atoms with Gasteiger partial charge >= 0.3 is 0 Å². The van der Waals surface area contributed by atoms with Crippen LogP contribution >= 0.6 is 0 Å². The largest absolute Gasteiger partial charge is 0.310 e. The van der Waals surface area contributed by atoms with E-state index in [1.54, 1.807) is 12.1 Å². The van der Waals surface area contributed by atoms with Gasteiger partial charge in [0.15, 0.2) is 0 Å². The van der Waals surface area contributed by atoms with E-state index in [-0.39, 0.29) is 11.9 Å². The van der Waals surface area contributed by atoms with Crippen molar-refractivity contribution in [3.05, 3.63) is 59.4 Å². The van der Waals surface area contributed by atoms with Gasteiger partial charge in [0.05, 0.1) is 0 Å². The van der Waals surface area contributed by atoms with Crippen molar-refractivity contribution in [1.82, 2.24) is 5.32 Å². The van der Waals surface area contributed by atoms with Gasteiger partial charge in [0.1, 0.15) is 5.82 Å². The van der Waals surface area contributed by atoms with Gasteiger partial charge < -0.3 is 5.32 Å². The Morgan fingerprint density at radius 3 is 2.60 bits per heavy atom. The van der Waals surface area contributed by atoms with Crippen LogP contribution in [-0.2, 0) is 0 Å². The van der Waals surface area contributed by atoms with Crippen LogP contribution in [0.2, 0.25) is 0 Å². The zero-order chi connectivity index (χ0) is 14.5. The summed E-state index contributed by atoms with van der Waals surface area (Å²) >= 11 is 0. The Balaban J connectivity index is 2.44. The summed E-state index contributed by atoms with van der Waals surface area (Å²) in [6.45, 7) is 7.23. The molecular formula is C18H22FN. The average molecular weight is 271 g/mol. The van der Waals surface area contributed by atoms with Crippen LogP contribution in [0.15, 0.2) is 42.5 Å². The fourth-order valence-corrected chi connectivity index (χ4v) is 2.44. The number of rotatable bonds is 5. The third kappa shape index (κ3) is 3.26. The molecule has 0 saturated heterocycles. The van der Waals surface area contributed by atoms with Gasteiger partial charge in [0.25, 0.3) is 0 Å². The van der Waals surface area contributed by atoms with Gasteiger partial charge in [-0.25, -0.2) is 4.39 Å². The smallest absolute Gasteiger partial charge is 0.131 e. The summed E-state index contributed by atoms with van der Waals surface area (Å²) in [4.78, 5) is 0. The first kappa shape index (κ1) is 14.7. The van der Waals surface area contributed by atoms with Crippen LogP contribution in [0.1, 0.15) is 37.4 Å². The number of halogens is 1. The van der Waals surface area contributed by atoms with Crippen molar-refractivity contribution >= 4 is 0 Å². The first-order valence-electron chi connectivity index (χ1n) is 7.22. The molecule has 1 unspecified atom stereocenters. The highest BCUT2D eigenvalue weighted by molar-refractivity contribution is 5.69. The summed E-state index contributed by atoms with van der Waals surface area (Å²) in [5, 5.41) is 3.47. The van der Waals surface area contributed by atoms with Crippen LogP contribution in [0.3, 0.4) is 0 Å². The topological polar surface area (TPSA) is 12.0 Å². The van der Waals surface area contributed by atoms with E-state index in [1.807, 2.05) is 31.2 Å². The molecule has 1 nitrogen and oxygen atoms in total. The van der Waals surface area contributed by atoms with Gasteiger partial charge in [-0.2, -0.15) is 0 Å². The second kappa shape index (κ2) is 6.67. The molecule has 0 heterocycles. The summed E-state index contributed by atoms with van der Waals surface area (Å²) in [5.41, 5.74) is 3.88. The van der Waals surface area contributed by atoms with Crippen molar-refractivity contribution < 1.29 is 4.39 Å². The predicted molar refractivity (Wildman–Crippen MR) is 83.3 cm³/mol. The molecule has 0 aliphatic heterocycles. The van der Waals surface area contributed by atoms with E-state index in [2.05, 4.69) is 25.2 Å². The molecule has 2 aromatic carbocycles. The Morgan fingerprint density at radius 1 is 1.10 bits per heavy atom. The molecule has 2 heteroatoms.